The Bertz CT molecular complexity index is 981. The smallest absolute Gasteiger partial charge is 0.253 e. The van der Waals surface area contributed by atoms with Crippen LogP contribution in [0, 0.1) is 0 Å². The summed E-state index contributed by atoms with van der Waals surface area (Å²) in [6, 6.07) is 20.1. The standard InChI is InChI=1S/C22H20Cl2N2O/c23-20-8-7-19(14-21(20)24)22(27)26-11-9-25(10-12-26)15-16-5-6-17-3-1-2-4-18(17)13-16/h1-8,13-14H,9-12,15H2. The number of piperazine rings is 1. The molecule has 0 aliphatic carbocycles. The summed E-state index contributed by atoms with van der Waals surface area (Å²) < 4.78 is 0. The molecule has 0 radical (unpaired) electrons. The second kappa shape index (κ2) is 7.89. The van der Waals surface area contributed by atoms with Crippen molar-refractivity contribution in [3.05, 3.63) is 81.8 Å². The Balaban J connectivity index is 1.38. The monoisotopic (exact) mass is 398 g/mol. The fraction of sp³-hybridized carbons (Fsp3) is 0.227. The Morgan fingerprint density at radius 1 is 0.815 bits per heavy atom. The lowest BCUT2D eigenvalue weighted by Crippen LogP contribution is -2.48. The van der Waals surface area contributed by atoms with E-state index < -0.39 is 0 Å². The minimum atomic E-state index is 0.0129. The average Bonchev–Trinajstić information content (AvgIpc) is 2.70. The van der Waals surface area contributed by atoms with E-state index in [-0.39, 0.29) is 5.91 Å². The molecule has 1 heterocycles. The molecule has 0 spiro atoms. The largest absolute Gasteiger partial charge is 0.336 e. The molecule has 1 aliphatic heterocycles. The third kappa shape index (κ3) is 4.11. The van der Waals surface area contributed by atoms with Gasteiger partial charge in [-0.05, 0) is 40.6 Å². The SMILES string of the molecule is O=C(c1ccc(Cl)c(Cl)c1)N1CCN(Cc2ccc3ccccc3c2)CC1. The zero-order valence-corrected chi connectivity index (χ0v) is 16.4. The molecule has 0 unspecified atom stereocenters. The highest BCUT2D eigenvalue weighted by Crippen LogP contribution is 2.24. The zero-order valence-electron chi connectivity index (χ0n) is 14.9. The number of fused-ring (bicyclic) bond motifs is 1. The van der Waals surface area contributed by atoms with Gasteiger partial charge in [0.1, 0.15) is 0 Å². The van der Waals surface area contributed by atoms with Crippen LogP contribution >= 0.6 is 23.2 Å². The van der Waals surface area contributed by atoms with Crippen molar-refractivity contribution < 1.29 is 4.79 Å². The van der Waals surface area contributed by atoms with Gasteiger partial charge in [0.15, 0.2) is 0 Å². The molecule has 138 valence electrons. The molecule has 0 saturated carbocycles. The molecule has 1 fully saturated rings. The summed E-state index contributed by atoms with van der Waals surface area (Å²) in [6.07, 6.45) is 0. The minimum Gasteiger partial charge on any atom is -0.336 e. The van der Waals surface area contributed by atoms with Crippen LogP contribution < -0.4 is 0 Å². The quantitative estimate of drug-likeness (QED) is 0.612. The van der Waals surface area contributed by atoms with E-state index in [0.717, 1.165) is 19.6 Å². The van der Waals surface area contributed by atoms with E-state index in [4.69, 9.17) is 23.2 Å². The average molecular weight is 399 g/mol. The van der Waals surface area contributed by atoms with Crippen molar-refractivity contribution in [2.75, 3.05) is 26.2 Å². The first-order chi connectivity index (χ1) is 13.1. The number of benzene rings is 3. The van der Waals surface area contributed by atoms with Gasteiger partial charge in [-0.1, -0.05) is 59.6 Å². The third-order valence-corrected chi connectivity index (χ3v) is 5.79. The van der Waals surface area contributed by atoms with E-state index in [1.165, 1.54) is 16.3 Å². The van der Waals surface area contributed by atoms with Crippen molar-refractivity contribution in [2.45, 2.75) is 6.54 Å². The zero-order chi connectivity index (χ0) is 18.8. The molecule has 0 aromatic heterocycles. The van der Waals surface area contributed by atoms with Gasteiger partial charge in [-0.15, -0.1) is 0 Å². The predicted molar refractivity (Wildman–Crippen MR) is 112 cm³/mol. The summed E-state index contributed by atoms with van der Waals surface area (Å²) in [5, 5.41) is 3.41. The van der Waals surface area contributed by atoms with E-state index >= 15 is 0 Å². The Hall–Kier alpha value is -2.07. The number of halogens is 2. The molecule has 1 amide bonds. The van der Waals surface area contributed by atoms with Gasteiger partial charge in [-0.3, -0.25) is 9.69 Å². The minimum absolute atomic E-state index is 0.0129. The van der Waals surface area contributed by atoms with Crippen LogP contribution in [0.5, 0.6) is 0 Å². The Kier molecular flexibility index (Phi) is 5.35. The summed E-state index contributed by atoms with van der Waals surface area (Å²) in [7, 11) is 0. The summed E-state index contributed by atoms with van der Waals surface area (Å²) in [6.45, 7) is 4.05. The Labute approximate surface area is 169 Å². The molecular formula is C22H20Cl2N2O. The van der Waals surface area contributed by atoms with E-state index in [0.29, 0.717) is 28.7 Å². The van der Waals surface area contributed by atoms with Crippen molar-refractivity contribution in [1.82, 2.24) is 9.80 Å². The van der Waals surface area contributed by atoms with Crippen LogP contribution in [0.4, 0.5) is 0 Å². The predicted octanol–water partition coefficient (Wildman–Crippen LogP) is 5.10. The fourth-order valence-electron chi connectivity index (χ4n) is 3.52. The van der Waals surface area contributed by atoms with Gasteiger partial charge < -0.3 is 4.90 Å². The number of hydrogen-bond acceptors (Lipinski definition) is 2. The number of nitrogens with zero attached hydrogens (tertiary/aromatic N) is 2. The van der Waals surface area contributed by atoms with Crippen molar-refractivity contribution in [2.24, 2.45) is 0 Å². The van der Waals surface area contributed by atoms with Crippen LogP contribution in [0.2, 0.25) is 10.0 Å². The molecular weight excluding hydrogens is 379 g/mol. The highest BCUT2D eigenvalue weighted by molar-refractivity contribution is 6.42. The molecule has 0 N–H and O–H groups in total. The number of carbonyl (C=O) groups excluding carboxylic acids is 1. The Morgan fingerprint density at radius 3 is 2.30 bits per heavy atom. The van der Waals surface area contributed by atoms with Crippen LogP contribution in [-0.2, 0) is 6.54 Å². The lowest BCUT2D eigenvalue weighted by Gasteiger charge is -2.35. The number of amides is 1. The lowest BCUT2D eigenvalue weighted by atomic mass is 10.1. The van der Waals surface area contributed by atoms with Gasteiger partial charge in [-0.25, -0.2) is 0 Å². The maximum Gasteiger partial charge on any atom is 0.253 e. The summed E-state index contributed by atoms with van der Waals surface area (Å²) in [5.74, 6) is 0.0129. The highest BCUT2D eigenvalue weighted by Gasteiger charge is 2.22. The second-order valence-corrected chi connectivity index (χ2v) is 7.69. The van der Waals surface area contributed by atoms with E-state index in [9.17, 15) is 4.79 Å². The van der Waals surface area contributed by atoms with Gasteiger partial charge in [0.05, 0.1) is 10.0 Å². The highest BCUT2D eigenvalue weighted by atomic mass is 35.5. The van der Waals surface area contributed by atoms with Crippen molar-refractivity contribution in [3.63, 3.8) is 0 Å². The molecule has 1 saturated heterocycles. The van der Waals surface area contributed by atoms with Crippen LogP contribution in [-0.4, -0.2) is 41.9 Å². The maximum absolute atomic E-state index is 12.7. The maximum atomic E-state index is 12.7. The van der Waals surface area contributed by atoms with E-state index in [1.807, 2.05) is 4.90 Å². The molecule has 3 aromatic rings. The van der Waals surface area contributed by atoms with Gasteiger partial charge in [0.25, 0.3) is 5.91 Å². The number of hydrogen-bond donors (Lipinski definition) is 0. The first kappa shape index (κ1) is 18.3. The summed E-state index contributed by atoms with van der Waals surface area (Å²) in [5.41, 5.74) is 1.89. The summed E-state index contributed by atoms with van der Waals surface area (Å²) in [4.78, 5) is 17.0. The van der Waals surface area contributed by atoms with Gasteiger partial charge >= 0.3 is 0 Å². The molecule has 5 heteroatoms. The Morgan fingerprint density at radius 2 is 1.56 bits per heavy atom. The van der Waals surface area contributed by atoms with Crippen LogP contribution in [0.3, 0.4) is 0 Å². The van der Waals surface area contributed by atoms with Crippen LogP contribution in [0.25, 0.3) is 10.8 Å². The number of carbonyl (C=O) groups is 1. The number of rotatable bonds is 3. The molecule has 3 aromatic carbocycles. The first-order valence-corrected chi connectivity index (χ1v) is 9.80. The van der Waals surface area contributed by atoms with Crippen LogP contribution in [0.15, 0.2) is 60.7 Å². The molecule has 3 nitrogen and oxygen atoms in total. The van der Waals surface area contributed by atoms with Gasteiger partial charge in [-0.2, -0.15) is 0 Å². The molecule has 0 bridgehead atoms. The van der Waals surface area contributed by atoms with Crippen molar-refractivity contribution >= 4 is 39.9 Å². The van der Waals surface area contributed by atoms with Gasteiger partial charge in [0, 0.05) is 38.3 Å². The topological polar surface area (TPSA) is 23.6 Å². The molecule has 4 rings (SSSR count). The van der Waals surface area contributed by atoms with Crippen LogP contribution in [0.1, 0.15) is 15.9 Å². The second-order valence-electron chi connectivity index (χ2n) is 6.88. The lowest BCUT2D eigenvalue weighted by molar-refractivity contribution is 0.0628. The normalized spacial score (nSPS) is 15.3. The van der Waals surface area contributed by atoms with Gasteiger partial charge in [0.2, 0.25) is 0 Å². The van der Waals surface area contributed by atoms with E-state index in [2.05, 4.69) is 47.4 Å². The van der Waals surface area contributed by atoms with Crippen molar-refractivity contribution in [3.8, 4) is 0 Å². The third-order valence-electron chi connectivity index (χ3n) is 5.05. The summed E-state index contributed by atoms with van der Waals surface area (Å²) >= 11 is 12.0. The fourth-order valence-corrected chi connectivity index (χ4v) is 3.81. The first-order valence-electron chi connectivity index (χ1n) is 9.04. The molecule has 0 atom stereocenters. The van der Waals surface area contributed by atoms with Crippen molar-refractivity contribution in [1.29, 1.82) is 0 Å². The molecule has 1 aliphatic rings. The van der Waals surface area contributed by atoms with E-state index in [1.54, 1.807) is 18.2 Å². The molecule has 27 heavy (non-hydrogen) atoms.